The molecule has 1 N–H and O–H groups in total. The third-order valence-corrected chi connectivity index (χ3v) is 2.99. The van der Waals surface area contributed by atoms with Crippen LogP contribution in [0.5, 0.6) is 0 Å². The quantitative estimate of drug-likeness (QED) is 0.861. The van der Waals surface area contributed by atoms with Crippen LogP contribution in [0, 0.1) is 0 Å². The van der Waals surface area contributed by atoms with Crippen LogP contribution in [0.3, 0.4) is 0 Å². The maximum absolute atomic E-state index is 11.9. The first-order valence-corrected chi connectivity index (χ1v) is 5.93. The van der Waals surface area contributed by atoms with Gasteiger partial charge >= 0.3 is 0 Å². The lowest BCUT2D eigenvalue weighted by Crippen LogP contribution is -2.12. The number of hydrogen-bond donors (Lipinski definition) is 1. The number of carbonyl (C=O) groups is 1. The van der Waals surface area contributed by atoms with Gasteiger partial charge in [-0.05, 0) is 29.8 Å². The highest BCUT2D eigenvalue weighted by molar-refractivity contribution is 6.42. The molecule has 1 heterocycles. The molecule has 0 bridgehead atoms. The number of nitrogens with one attached hydrogen (secondary N) is 1. The van der Waals surface area contributed by atoms with Crippen molar-refractivity contribution < 1.29 is 4.79 Å². The van der Waals surface area contributed by atoms with Crippen molar-refractivity contribution in [2.75, 3.05) is 5.32 Å². The molecular weight excluding hydrogens is 296 g/mol. The largest absolute Gasteiger partial charge is 0.319 e. The second-order valence-corrected chi connectivity index (χ2v) is 4.48. The number of aromatic nitrogens is 2. The summed E-state index contributed by atoms with van der Waals surface area (Å²) in [4.78, 5) is 19.4. The van der Waals surface area contributed by atoms with Gasteiger partial charge in [0.2, 0.25) is 5.28 Å². The summed E-state index contributed by atoms with van der Waals surface area (Å²) in [7, 11) is 0. The Morgan fingerprint density at radius 3 is 2.33 bits per heavy atom. The van der Waals surface area contributed by atoms with Gasteiger partial charge in [-0.15, -0.1) is 0 Å². The fourth-order valence-corrected chi connectivity index (χ4v) is 1.61. The molecule has 0 unspecified atom stereocenters. The molecule has 0 atom stereocenters. The van der Waals surface area contributed by atoms with E-state index < -0.39 is 0 Å². The van der Waals surface area contributed by atoms with E-state index in [-0.39, 0.29) is 11.2 Å². The fraction of sp³-hybridized carbons (Fsp3) is 0. The summed E-state index contributed by atoms with van der Waals surface area (Å²) >= 11 is 17.1. The Labute approximate surface area is 118 Å². The van der Waals surface area contributed by atoms with Crippen LogP contribution in [0.1, 0.15) is 10.4 Å². The Hall–Kier alpha value is -1.36. The first-order valence-electron chi connectivity index (χ1n) is 4.80. The lowest BCUT2D eigenvalue weighted by molar-refractivity contribution is 0.102. The molecule has 18 heavy (non-hydrogen) atoms. The van der Waals surface area contributed by atoms with Gasteiger partial charge in [-0.2, -0.15) is 0 Å². The maximum atomic E-state index is 11.9. The highest BCUT2D eigenvalue weighted by Crippen LogP contribution is 2.23. The third kappa shape index (κ3) is 3.10. The van der Waals surface area contributed by atoms with E-state index in [4.69, 9.17) is 34.8 Å². The Morgan fingerprint density at radius 1 is 1.06 bits per heavy atom. The molecule has 1 aromatic carbocycles. The molecule has 0 spiro atoms. The van der Waals surface area contributed by atoms with Crippen molar-refractivity contribution in [2.24, 2.45) is 0 Å². The number of amides is 1. The molecule has 2 rings (SSSR count). The number of hydrogen-bond acceptors (Lipinski definition) is 3. The molecule has 0 aliphatic carbocycles. The van der Waals surface area contributed by atoms with Gasteiger partial charge in [0.1, 0.15) is 0 Å². The second-order valence-electron chi connectivity index (χ2n) is 3.32. The van der Waals surface area contributed by atoms with Gasteiger partial charge in [0.05, 0.1) is 28.1 Å². The molecule has 92 valence electrons. The van der Waals surface area contributed by atoms with E-state index in [0.717, 1.165) is 0 Å². The van der Waals surface area contributed by atoms with Gasteiger partial charge in [0.15, 0.2) is 0 Å². The molecular formula is C11H6Cl3N3O. The summed E-state index contributed by atoms with van der Waals surface area (Å²) in [5.41, 5.74) is 0.829. The minimum Gasteiger partial charge on any atom is -0.319 e. The Bertz CT molecular complexity index is 587. The van der Waals surface area contributed by atoms with E-state index in [0.29, 0.717) is 21.3 Å². The molecule has 0 saturated carbocycles. The minimum absolute atomic E-state index is 0.113. The monoisotopic (exact) mass is 301 g/mol. The Kier molecular flexibility index (Phi) is 4.01. The summed E-state index contributed by atoms with van der Waals surface area (Å²) in [6, 6.07) is 4.60. The van der Waals surface area contributed by atoms with Crippen molar-refractivity contribution in [1.29, 1.82) is 0 Å². The normalized spacial score (nSPS) is 10.2. The highest BCUT2D eigenvalue weighted by Gasteiger charge is 2.08. The zero-order chi connectivity index (χ0) is 13.1. The van der Waals surface area contributed by atoms with E-state index in [2.05, 4.69) is 15.3 Å². The van der Waals surface area contributed by atoms with Crippen molar-refractivity contribution in [3.63, 3.8) is 0 Å². The van der Waals surface area contributed by atoms with Crippen LogP contribution in [0.4, 0.5) is 5.69 Å². The van der Waals surface area contributed by atoms with Crippen LogP contribution >= 0.6 is 34.8 Å². The molecule has 1 aromatic heterocycles. The lowest BCUT2D eigenvalue weighted by Gasteiger charge is -2.05. The standard InChI is InChI=1S/C11H6Cl3N3O/c12-8-2-1-6(3-9(8)13)10(18)17-7-4-15-11(14)16-5-7/h1-5H,(H,17,18). The smallest absolute Gasteiger partial charge is 0.255 e. The lowest BCUT2D eigenvalue weighted by atomic mass is 10.2. The number of carbonyl (C=O) groups excluding carboxylic acids is 1. The first kappa shape index (κ1) is 13.1. The molecule has 4 nitrogen and oxygen atoms in total. The predicted molar refractivity (Wildman–Crippen MR) is 71.5 cm³/mol. The van der Waals surface area contributed by atoms with Crippen LogP contribution < -0.4 is 5.32 Å². The van der Waals surface area contributed by atoms with Crippen LogP contribution in [-0.2, 0) is 0 Å². The van der Waals surface area contributed by atoms with Crippen molar-refractivity contribution in [1.82, 2.24) is 9.97 Å². The topological polar surface area (TPSA) is 54.9 Å². The minimum atomic E-state index is -0.334. The molecule has 0 radical (unpaired) electrons. The van der Waals surface area contributed by atoms with Gasteiger partial charge < -0.3 is 5.32 Å². The highest BCUT2D eigenvalue weighted by atomic mass is 35.5. The maximum Gasteiger partial charge on any atom is 0.255 e. The van der Waals surface area contributed by atoms with Crippen molar-refractivity contribution >= 4 is 46.4 Å². The summed E-state index contributed by atoms with van der Waals surface area (Å²) < 4.78 is 0. The van der Waals surface area contributed by atoms with Crippen molar-refractivity contribution in [3.05, 3.63) is 51.5 Å². The molecule has 0 saturated heterocycles. The number of anilines is 1. The summed E-state index contributed by atoms with van der Waals surface area (Å²) in [5.74, 6) is -0.334. The predicted octanol–water partition coefficient (Wildman–Crippen LogP) is 3.69. The molecule has 0 fully saturated rings. The summed E-state index contributed by atoms with van der Waals surface area (Å²) in [5, 5.41) is 3.43. The summed E-state index contributed by atoms with van der Waals surface area (Å²) in [6.45, 7) is 0. The molecule has 0 aliphatic rings. The average Bonchev–Trinajstić information content (AvgIpc) is 2.35. The van der Waals surface area contributed by atoms with Crippen LogP contribution in [0.15, 0.2) is 30.6 Å². The molecule has 0 aliphatic heterocycles. The SMILES string of the molecule is O=C(Nc1cnc(Cl)nc1)c1ccc(Cl)c(Cl)c1. The Balaban J connectivity index is 2.16. The van der Waals surface area contributed by atoms with E-state index in [1.54, 1.807) is 12.1 Å². The Morgan fingerprint density at radius 2 is 1.72 bits per heavy atom. The van der Waals surface area contributed by atoms with Gasteiger partial charge in [-0.1, -0.05) is 23.2 Å². The molecule has 2 aromatic rings. The number of halogens is 3. The zero-order valence-corrected chi connectivity index (χ0v) is 11.1. The number of rotatable bonds is 2. The number of benzene rings is 1. The van der Waals surface area contributed by atoms with E-state index in [1.165, 1.54) is 18.5 Å². The zero-order valence-electron chi connectivity index (χ0n) is 8.82. The van der Waals surface area contributed by atoms with Gasteiger partial charge in [0, 0.05) is 5.56 Å². The van der Waals surface area contributed by atoms with Crippen molar-refractivity contribution in [2.45, 2.75) is 0 Å². The van der Waals surface area contributed by atoms with Gasteiger partial charge in [0.25, 0.3) is 5.91 Å². The molecule has 1 amide bonds. The van der Waals surface area contributed by atoms with Crippen LogP contribution in [-0.4, -0.2) is 15.9 Å². The second kappa shape index (κ2) is 5.52. The van der Waals surface area contributed by atoms with Crippen LogP contribution in [0.25, 0.3) is 0 Å². The third-order valence-electron chi connectivity index (χ3n) is 2.06. The number of nitrogens with zero attached hydrogens (tertiary/aromatic N) is 2. The van der Waals surface area contributed by atoms with E-state index >= 15 is 0 Å². The van der Waals surface area contributed by atoms with Gasteiger partial charge in [-0.3, -0.25) is 4.79 Å². The molecule has 7 heteroatoms. The first-order chi connectivity index (χ1) is 8.56. The van der Waals surface area contributed by atoms with E-state index in [1.807, 2.05) is 0 Å². The van der Waals surface area contributed by atoms with E-state index in [9.17, 15) is 4.79 Å². The fourth-order valence-electron chi connectivity index (χ4n) is 1.22. The van der Waals surface area contributed by atoms with Gasteiger partial charge in [-0.25, -0.2) is 9.97 Å². The average molecular weight is 303 g/mol. The van der Waals surface area contributed by atoms with Crippen molar-refractivity contribution in [3.8, 4) is 0 Å². The summed E-state index contributed by atoms with van der Waals surface area (Å²) in [6.07, 6.45) is 2.81. The van der Waals surface area contributed by atoms with Crippen LogP contribution in [0.2, 0.25) is 15.3 Å².